The molecule has 0 bridgehead atoms. The lowest BCUT2D eigenvalue weighted by atomic mass is 9.98. The molecule has 3 aromatic rings. The van der Waals surface area contributed by atoms with Gasteiger partial charge >= 0.3 is 6.18 Å². The predicted molar refractivity (Wildman–Crippen MR) is 122 cm³/mol. The molecule has 9 nitrogen and oxygen atoms in total. The zero-order valence-electron chi connectivity index (χ0n) is 19.5. The number of alkyl halides is 3. The third kappa shape index (κ3) is 5.11. The normalized spacial score (nSPS) is 25.4. The van der Waals surface area contributed by atoms with E-state index in [4.69, 9.17) is 14.2 Å². The van der Waals surface area contributed by atoms with Crippen molar-refractivity contribution in [3.63, 3.8) is 0 Å². The number of hydrogen-bond donors (Lipinski definition) is 2. The van der Waals surface area contributed by atoms with E-state index in [0.29, 0.717) is 11.8 Å². The van der Waals surface area contributed by atoms with Crippen molar-refractivity contribution >= 4 is 22.6 Å². The van der Waals surface area contributed by atoms with Gasteiger partial charge in [0.05, 0.1) is 36.1 Å². The molecule has 190 valence electrons. The van der Waals surface area contributed by atoms with Crippen LogP contribution >= 0.6 is 0 Å². The Labute approximate surface area is 204 Å². The summed E-state index contributed by atoms with van der Waals surface area (Å²) in [5, 5.41) is 6.63. The number of carbonyl (C=O) groups excluding carboxylic acids is 1. The molecule has 1 amide bonds. The molecule has 0 saturated carbocycles. The Bertz CT molecular complexity index is 1270. The number of anilines is 1. The zero-order valence-corrected chi connectivity index (χ0v) is 19.5. The van der Waals surface area contributed by atoms with Gasteiger partial charge in [0, 0.05) is 18.1 Å². The lowest BCUT2D eigenvalue weighted by molar-refractivity contribution is -0.153. The predicted octanol–water partition coefficient (Wildman–Crippen LogP) is 3.17. The van der Waals surface area contributed by atoms with Gasteiger partial charge in [-0.1, -0.05) is 18.2 Å². The van der Waals surface area contributed by atoms with Crippen molar-refractivity contribution in [3.8, 4) is 0 Å². The molecule has 2 aliphatic heterocycles. The molecule has 4 heterocycles. The van der Waals surface area contributed by atoms with Crippen molar-refractivity contribution < 1.29 is 32.2 Å². The maximum absolute atomic E-state index is 13.0. The Morgan fingerprint density at radius 3 is 2.72 bits per heavy atom. The van der Waals surface area contributed by atoms with Crippen LogP contribution in [-0.4, -0.2) is 64.2 Å². The molecule has 36 heavy (non-hydrogen) atoms. The van der Waals surface area contributed by atoms with Crippen molar-refractivity contribution in [1.29, 1.82) is 0 Å². The van der Waals surface area contributed by atoms with Gasteiger partial charge in [-0.2, -0.15) is 13.2 Å². The second-order valence-corrected chi connectivity index (χ2v) is 9.10. The van der Waals surface area contributed by atoms with E-state index >= 15 is 0 Å². The molecule has 2 fully saturated rings. The molecule has 5 rings (SSSR count). The fourth-order valence-corrected chi connectivity index (χ4v) is 4.38. The summed E-state index contributed by atoms with van der Waals surface area (Å²) in [6.45, 7) is 3.71. The average Bonchev–Trinajstić information content (AvgIpc) is 3.18. The Balaban J connectivity index is 1.27. The van der Waals surface area contributed by atoms with E-state index in [1.807, 2.05) is 24.3 Å². The summed E-state index contributed by atoms with van der Waals surface area (Å²) < 4.78 is 57.1. The molecule has 4 atom stereocenters. The highest BCUT2D eigenvalue weighted by Crippen LogP contribution is 2.36. The Morgan fingerprint density at radius 1 is 1.14 bits per heavy atom. The number of nitrogens with one attached hydrogen (secondary N) is 2. The zero-order chi connectivity index (χ0) is 25.5. The number of ether oxygens (including phenoxy) is 3. The van der Waals surface area contributed by atoms with Crippen LogP contribution in [0.15, 0.2) is 48.9 Å². The number of amides is 1. The first-order valence-corrected chi connectivity index (χ1v) is 11.3. The van der Waals surface area contributed by atoms with Crippen molar-refractivity contribution in [3.05, 3.63) is 60.2 Å². The minimum atomic E-state index is -4.62. The number of nitrogens with zero attached hydrogens (tertiary/aromatic N) is 3. The largest absolute Gasteiger partial charge is 0.434 e. The van der Waals surface area contributed by atoms with E-state index in [2.05, 4.69) is 25.6 Å². The Hall–Kier alpha value is -3.35. The van der Waals surface area contributed by atoms with Crippen LogP contribution in [0.5, 0.6) is 0 Å². The highest BCUT2D eigenvalue weighted by atomic mass is 19.4. The standard InChI is InChI=1S/C24H24F3N5O4/c1-23(2)35-20-16(31-19-11-28-10-18(32-19)24(25,26)27)12-34-17(21(20)36-23)9-30-22(33)14-7-13-5-3-4-6-15(13)29-8-14/h3-8,10-11,16-17,20-21H,9,12H2,1-2H3,(H,30,33)(H,31,32)/t16-,17+,20+,21-/m0/s1. The number of pyridine rings is 1. The van der Waals surface area contributed by atoms with E-state index in [1.165, 1.54) is 12.4 Å². The van der Waals surface area contributed by atoms with Crippen LogP contribution < -0.4 is 10.6 Å². The third-order valence-electron chi connectivity index (χ3n) is 5.99. The lowest BCUT2D eigenvalue weighted by Crippen LogP contribution is -2.57. The molecule has 0 aliphatic carbocycles. The van der Waals surface area contributed by atoms with Gasteiger partial charge in [0.2, 0.25) is 0 Å². The monoisotopic (exact) mass is 503 g/mol. The van der Waals surface area contributed by atoms with Crippen LogP contribution in [0.2, 0.25) is 0 Å². The maximum atomic E-state index is 13.0. The number of benzene rings is 1. The summed E-state index contributed by atoms with van der Waals surface area (Å²) in [4.78, 5) is 24.3. The number of rotatable bonds is 5. The van der Waals surface area contributed by atoms with Gasteiger partial charge in [0.15, 0.2) is 11.5 Å². The Kier molecular flexibility index (Phi) is 6.27. The topological polar surface area (TPSA) is 107 Å². The van der Waals surface area contributed by atoms with Crippen molar-refractivity contribution in [1.82, 2.24) is 20.3 Å². The van der Waals surface area contributed by atoms with Crippen LogP contribution in [0.1, 0.15) is 29.9 Å². The smallest absolute Gasteiger partial charge is 0.371 e. The number of fused-ring (bicyclic) bond motifs is 2. The summed E-state index contributed by atoms with van der Waals surface area (Å²) in [5.41, 5.74) is 0.0938. The van der Waals surface area contributed by atoms with Crippen LogP contribution in [-0.2, 0) is 20.4 Å². The van der Waals surface area contributed by atoms with Gasteiger partial charge in [-0.3, -0.25) is 14.8 Å². The second kappa shape index (κ2) is 9.26. The van der Waals surface area contributed by atoms with Crippen LogP contribution in [0.3, 0.4) is 0 Å². The minimum absolute atomic E-state index is 0.0546. The number of carbonyl (C=O) groups is 1. The number of para-hydroxylation sites is 1. The van der Waals surface area contributed by atoms with Crippen LogP contribution in [0, 0.1) is 0 Å². The highest BCUT2D eigenvalue weighted by Gasteiger charge is 2.52. The summed E-state index contributed by atoms with van der Waals surface area (Å²) >= 11 is 0. The fraction of sp³-hybridized carbons (Fsp3) is 0.417. The highest BCUT2D eigenvalue weighted by molar-refractivity contribution is 5.97. The summed E-state index contributed by atoms with van der Waals surface area (Å²) in [5.74, 6) is -1.32. The molecule has 2 aliphatic rings. The quantitative estimate of drug-likeness (QED) is 0.547. The maximum Gasteiger partial charge on any atom is 0.434 e. The molecule has 2 saturated heterocycles. The van der Waals surface area contributed by atoms with Gasteiger partial charge in [-0.05, 0) is 26.0 Å². The van der Waals surface area contributed by atoms with Gasteiger partial charge in [0.1, 0.15) is 24.1 Å². The third-order valence-corrected chi connectivity index (χ3v) is 5.99. The first-order chi connectivity index (χ1) is 17.1. The number of hydrogen-bond acceptors (Lipinski definition) is 8. The molecular formula is C24H24F3N5O4. The average molecular weight is 503 g/mol. The van der Waals surface area contributed by atoms with E-state index in [9.17, 15) is 18.0 Å². The Morgan fingerprint density at radius 2 is 1.92 bits per heavy atom. The number of aromatic nitrogens is 3. The van der Waals surface area contributed by atoms with Crippen LogP contribution in [0.25, 0.3) is 10.9 Å². The van der Waals surface area contributed by atoms with Crippen molar-refractivity contribution in [2.75, 3.05) is 18.5 Å². The van der Waals surface area contributed by atoms with Gasteiger partial charge in [0.25, 0.3) is 5.91 Å². The summed E-state index contributed by atoms with van der Waals surface area (Å²) in [7, 11) is 0. The van der Waals surface area contributed by atoms with Crippen LogP contribution in [0.4, 0.5) is 19.0 Å². The minimum Gasteiger partial charge on any atom is -0.371 e. The molecule has 0 spiro atoms. The SMILES string of the molecule is CC1(C)O[C@@H]2[C@H](O1)[C@@H](Nc1cncc(C(F)(F)F)n1)CO[C@@H]2CNC(=O)c1cnc2ccccc2c1. The second-order valence-electron chi connectivity index (χ2n) is 9.10. The van der Waals surface area contributed by atoms with Gasteiger partial charge < -0.3 is 24.8 Å². The molecule has 0 unspecified atom stereocenters. The molecule has 0 radical (unpaired) electrons. The van der Waals surface area contributed by atoms with E-state index in [-0.39, 0.29) is 24.9 Å². The van der Waals surface area contributed by atoms with E-state index < -0.39 is 42.0 Å². The summed E-state index contributed by atoms with van der Waals surface area (Å²) in [6, 6.07) is 8.70. The number of halogens is 3. The molecular weight excluding hydrogens is 479 g/mol. The van der Waals surface area contributed by atoms with Crippen molar-refractivity contribution in [2.24, 2.45) is 0 Å². The molecule has 2 N–H and O–H groups in total. The fourth-order valence-electron chi connectivity index (χ4n) is 4.38. The van der Waals surface area contributed by atoms with E-state index in [1.54, 1.807) is 19.9 Å². The molecule has 12 heteroatoms. The molecule has 2 aromatic heterocycles. The first-order valence-electron chi connectivity index (χ1n) is 11.3. The van der Waals surface area contributed by atoms with Gasteiger partial charge in [-0.25, -0.2) is 4.98 Å². The van der Waals surface area contributed by atoms with Crippen molar-refractivity contribution in [2.45, 2.75) is 50.2 Å². The lowest BCUT2D eigenvalue weighted by Gasteiger charge is -2.37. The summed E-state index contributed by atoms with van der Waals surface area (Å²) in [6.07, 6.45) is -2.93. The molecule has 1 aromatic carbocycles. The van der Waals surface area contributed by atoms with E-state index in [0.717, 1.165) is 10.9 Å². The first kappa shape index (κ1) is 24.3. The van der Waals surface area contributed by atoms with Gasteiger partial charge in [-0.15, -0.1) is 0 Å².